The van der Waals surface area contributed by atoms with E-state index >= 15 is 0 Å². The molecule has 0 atom stereocenters. The van der Waals surface area contributed by atoms with Gasteiger partial charge in [-0.2, -0.15) is 0 Å². The lowest BCUT2D eigenvalue weighted by Gasteiger charge is -2.33. The third-order valence-corrected chi connectivity index (χ3v) is 4.54. The number of carbonyl (C=O) groups is 1. The van der Waals surface area contributed by atoms with Crippen LogP contribution < -0.4 is 5.32 Å². The maximum atomic E-state index is 12.0. The quantitative estimate of drug-likeness (QED) is 0.902. The van der Waals surface area contributed by atoms with Gasteiger partial charge in [-0.1, -0.05) is 30.7 Å². The maximum absolute atomic E-state index is 12.0. The van der Waals surface area contributed by atoms with Crippen LogP contribution in [0.1, 0.15) is 18.1 Å². The molecule has 21 heavy (non-hydrogen) atoms. The van der Waals surface area contributed by atoms with Gasteiger partial charge in [0.15, 0.2) is 0 Å². The van der Waals surface area contributed by atoms with Gasteiger partial charge in [0.25, 0.3) is 0 Å². The molecular weight excluding hydrogens is 286 g/mol. The normalized spacial score (nSPS) is 16.9. The van der Waals surface area contributed by atoms with E-state index in [0.717, 1.165) is 48.9 Å². The van der Waals surface area contributed by atoms with E-state index in [1.807, 2.05) is 25.1 Å². The number of benzene rings is 1. The van der Waals surface area contributed by atoms with Gasteiger partial charge in [0, 0.05) is 37.7 Å². The standard InChI is InChI=1S/C16H24ClN3O/c1-3-19-7-9-20(10-8-19)12-16(21)18-11-14-5-4-6-15(17)13(14)2/h4-6H,3,7-12H2,1-2H3,(H,18,21). The Morgan fingerprint density at radius 3 is 2.57 bits per heavy atom. The summed E-state index contributed by atoms with van der Waals surface area (Å²) in [6.45, 7) is 10.3. The first kappa shape index (κ1) is 16.3. The predicted molar refractivity (Wildman–Crippen MR) is 86.6 cm³/mol. The van der Waals surface area contributed by atoms with Crippen molar-refractivity contribution >= 4 is 17.5 Å². The second kappa shape index (κ2) is 7.78. The third-order valence-electron chi connectivity index (χ3n) is 4.14. The zero-order valence-electron chi connectivity index (χ0n) is 12.9. The van der Waals surface area contributed by atoms with Gasteiger partial charge in [-0.15, -0.1) is 0 Å². The third kappa shape index (κ3) is 4.70. The summed E-state index contributed by atoms with van der Waals surface area (Å²) in [6, 6.07) is 5.79. The van der Waals surface area contributed by atoms with Crippen LogP contribution in [0.2, 0.25) is 5.02 Å². The zero-order valence-corrected chi connectivity index (χ0v) is 13.6. The molecule has 1 heterocycles. The second-order valence-electron chi connectivity index (χ2n) is 5.51. The molecule has 1 aliphatic rings. The Bertz CT molecular complexity index is 484. The average molecular weight is 310 g/mol. The molecule has 0 saturated carbocycles. The molecule has 1 aromatic rings. The van der Waals surface area contributed by atoms with Crippen molar-refractivity contribution in [2.45, 2.75) is 20.4 Å². The van der Waals surface area contributed by atoms with E-state index in [2.05, 4.69) is 22.0 Å². The van der Waals surface area contributed by atoms with Crippen molar-refractivity contribution in [2.24, 2.45) is 0 Å². The number of amides is 1. The van der Waals surface area contributed by atoms with Crippen LogP contribution in [-0.4, -0.2) is 55.0 Å². The van der Waals surface area contributed by atoms with Gasteiger partial charge in [0.2, 0.25) is 5.91 Å². The molecular formula is C16H24ClN3O. The molecule has 1 amide bonds. The van der Waals surface area contributed by atoms with Crippen LogP contribution in [0.5, 0.6) is 0 Å². The maximum Gasteiger partial charge on any atom is 0.234 e. The first-order valence-corrected chi connectivity index (χ1v) is 7.93. The Hall–Kier alpha value is -1.10. The van der Waals surface area contributed by atoms with Crippen LogP contribution in [0.15, 0.2) is 18.2 Å². The van der Waals surface area contributed by atoms with Crippen molar-refractivity contribution in [1.29, 1.82) is 0 Å². The summed E-state index contributed by atoms with van der Waals surface area (Å²) < 4.78 is 0. The van der Waals surface area contributed by atoms with E-state index < -0.39 is 0 Å². The number of carbonyl (C=O) groups excluding carboxylic acids is 1. The van der Waals surface area contributed by atoms with Crippen LogP contribution in [0.3, 0.4) is 0 Å². The van der Waals surface area contributed by atoms with Gasteiger partial charge >= 0.3 is 0 Å². The predicted octanol–water partition coefficient (Wildman–Crippen LogP) is 1.90. The topological polar surface area (TPSA) is 35.6 Å². The van der Waals surface area contributed by atoms with Gasteiger partial charge in [-0.3, -0.25) is 9.69 Å². The first-order chi connectivity index (χ1) is 10.1. The highest BCUT2D eigenvalue weighted by molar-refractivity contribution is 6.31. The van der Waals surface area contributed by atoms with Crippen LogP contribution in [0, 0.1) is 6.92 Å². The van der Waals surface area contributed by atoms with Gasteiger partial charge in [-0.25, -0.2) is 0 Å². The van der Waals surface area contributed by atoms with E-state index in [-0.39, 0.29) is 5.91 Å². The summed E-state index contributed by atoms with van der Waals surface area (Å²) in [7, 11) is 0. The van der Waals surface area contributed by atoms with Crippen molar-refractivity contribution in [3.8, 4) is 0 Å². The molecule has 1 aliphatic heterocycles. The highest BCUT2D eigenvalue weighted by atomic mass is 35.5. The van der Waals surface area contributed by atoms with Crippen molar-refractivity contribution in [1.82, 2.24) is 15.1 Å². The molecule has 4 nitrogen and oxygen atoms in total. The lowest BCUT2D eigenvalue weighted by atomic mass is 10.1. The van der Waals surface area contributed by atoms with Crippen LogP contribution in [0.25, 0.3) is 0 Å². The van der Waals surface area contributed by atoms with Gasteiger partial charge in [0.05, 0.1) is 6.54 Å². The summed E-state index contributed by atoms with van der Waals surface area (Å²) in [4.78, 5) is 16.7. The Labute approximate surface area is 132 Å². The van der Waals surface area contributed by atoms with Crippen LogP contribution in [-0.2, 0) is 11.3 Å². The molecule has 1 aromatic carbocycles. The van der Waals surface area contributed by atoms with Crippen molar-refractivity contribution in [2.75, 3.05) is 39.3 Å². The lowest BCUT2D eigenvalue weighted by Crippen LogP contribution is -2.49. The molecule has 2 rings (SSSR count). The molecule has 0 aliphatic carbocycles. The SMILES string of the molecule is CCN1CCN(CC(=O)NCc2cccc(Cl)c2C)CC1. The largest absolute Gasteiger partial charge is 0.351 e. The summed E-state index contributed by atoms with van der Waals surface area (Å²) >= 11 is 6.09. The van der Waals surface area contributed by atoms with Gasteiger partial charge in [0.1, 0.15) is 0 Å². The first-order valence-electron chi connectivity index (χ1n) is 7.55. The van der Waals surface area contributed by atoms with E-state index in [4.69, 9.17) is 11.6 Å². The fourth-order valence-corrected chi connectivity index (χ4v) is 2.75. The number of halogens is 1. The minimum Gasteiger partial charge on any atom is -0.351 e. The summed E-state index contributed by atoms with van der Waals surface area (Å²) in [5.41, 5.74) is 2.11. The summed E-state index contributed by atoms with van der Waals surface area (Å²) in [5, 5.41) is 3.73. The monoisotopic (exact) mass is 309 g/mol. The molecule has 1 saturated heterocycles. The molecule has 116 valence electrons. The van der Waals surface area contributed by atoms with E-state index in [1.54, 1.807) is 0 Å². The lowest BCUT2D eigenvalue weighted by molar-refractivity contribution is -0.122. The fraction of sp³-hybridized carbons (Fsp3) is 0.562. The van der Waals surface area contributed by atoms with Crippen LogP contribution >= 0.6 is 11.6 Å². The van der Waals surface area contributed by atoms with Crippen LogP contribution in [0.4, 0.5) is 0 Å². The highest BCUT2D eigenvalue weighted by Gasteiger charge is 2.17. The zero-order chi connectivity index (χ0) is 15.2. The van der Waals surface area contributed by atoms with Gasteiger partial charge < -0.3 is 10.2 Å². The molecule has 1 N–H and O–H groups in total. The Kier molecular flexibility index (Phi) is 6.03. The number of nitrogens with one attached hydrogen (secondary N) is 1. The molecule has 0 aromatic heterocycles. The molecule has 0 radical (unpaired) electrons. The van der Waals surface area contributed by atoms with Crippen molar-refractivity contribution in [3.05, 3.63) is 34.3 Å². The molecule has 0 bridgehead atoms. The average Bonchev–Trinajstić information content (AvgIpc) is 2.49. The van der Waals surface area contributed by atoms with E-state index in [9.17, 15) is 4.79 Å². The number of nitrogens with zero attached hydrogens (tertiary/aromatic N) is 2. The molecule has 0 spiro atoms. The van der Waals surface area contributed by atoms with Gasteiger partial charge in [-0.05, 0) is 30.7 Å². The Morgan fingerprint density at radius 2 is 1.90 bits per heavy atom. The Morgan fingerprint density at radius 1 is 1.24 bits per heavy atom. The van der Waals surface area contributed by atoms with E-state index in [0.29, 0.717) is 13.1 Å². The molecule has 5 heteroatoms. The molecule has 0 unspecified atom stereocenters. The summed E-state index contributed by atoms with van der Waals surface area (Å²) in [6.07, 6.45) is 0. The minimum absolute atomic E-state index is 0.0827. The van der Waals surface area contributed by atoms with Crippen molar-refractivity contribution in [3.63, 3.8) is 0 Å². The molecule has 1 fully saturated rings. The number of piperazine rings is 1. The number of likely N-dealkylation sites (N-methyl/N-ethyl adjacent to an activating group) is 1. The Balaban J connectivity index is 1.76. The summed E-state index contributed by atoms with van der Waals surface area (Å²) in [5.74, 6) is 0.0827. The van der Waals surface area contributed by atoms with Crippen molar-refractivity contribution < 1.29 is 4.79 Å². The van der Waals surface area contributed by atoms with E-state index in [1.165, 1.54) is 0 Å². The fourth-order valence-electron chi connectivity index (χ4n) is 2.56. The second-order valence-corrected chi connectivity index (χ2v) is 5.92. The smallest absolute Gasteiger partial charge is 0.234 e. The minimum atomic E-state index is 0.0827. The number of hydrogen-bond acceptors (Lipinski definition) is 3. The highest BCUT2D eigenvalue weighted by Crippen LogP contribution is 2.18. The number of rotatable bonds is 5. The number of hydrogen-bond donors (Lipinski definition) is 1.